The average Bonchev–Trinajstić information content (AvgIpc) is 3.09. The van der Waals surface area contributed by atoms with Crippen molar-refractivity contribution in [3.8, 4) is 0 Å². The summed E-state index contributed by atoms with van der Waals surface area (Å²) in [4.78, 5) is 35.8. The van der Waals surface area contributed by atoms with Crippen LogP contribution in [0.25, 0.3) is 0 Å². The summed E-state index contributed by atoms with van der Waals surface area (Å²) in [5.41, 5.74) is 6.23. The number of thiophene rings is 1. The second kappa shape index (κ2) is 7.55. The number of carbonyl (C=O) groups is 3. The van der Waals surface area contributed by atoms with E-state index in [9.17, 15) is 14.4 Å². The average molecular weight is 332 g/mol. The molecule has 1 aromatic carbocycles. The number of hydrazine groups is 1. The third-order valence-corrected chi connectivity index (χ3v) is 4.19. The van der Waals surface area contributed by atoms with Crippen molar-refractivity contribution in [2.75, 3.05) is 7.11 Å². The molecule has 2 rings (SSSR count). The molecule has 7 heteroatoms. The number of hydrogen-bond donors (Lipinski definition) is 2. The van der Waals surface area contributed by atoms with Crippen molar-refractivity contribution in [2.45, 2.75) is 13.3 Å². The third kappa shape index (κ3) is 4.17. The van der Waals surface area contributed by atoms with Gasteiger partial charge in [0.2, 0.25) is 0 Å². The Kier molecular flexibility index (Phi) is 5.48. The summed E-state index contributed by atoms with van der Waals surface area (Å²) in [6.45, 7) is 2.03. The maximum absolute atomic E-state index is 11.9. The highest BCUT2D eigenvalue weighted by molar-refractivity contribution is 7.15. The number of ether oxygens (including phenoxy) is 1. The van der Waals surface area contributed by atoms with Gasteiger partial charge < -0.3 is 4.74 Å². The van der Waals surface area contributed by atoms with Crippen LogP contribution in [0.2, 0.25) is 0 Å². The molecule has 0 aliphatic carbocycles. The van der Waals surface area contributed by atoms with Crippen molar-refractivity contribution in [2.24, 2.45) is 0 Å². The van der Waals surface area contributed by atoms with Crippen molar-refractivity contribution < 1.29 is 19.1 Å². The van der Waals surface area contributed by atoms with Crippen molar-refractivity contribution in [3.05, 3.63) is 57.3 Å². The lowest BCUT2D eigenvalue weighted by molar-refractivity contribution is 0.0606. The van der Waals surface area contributed by atoms with Gasteiger partial charge in [-0.2, -0.15) is 0 Å². The largest absolute Gasteiger partial charge is 0.465 e. The van der Waals surface area contributed by atoms with Gasteiger partial charge in [0.1, 0.15) is 4.88 Å². The molecule has 1 aromatic heterocycles. The molecule has 0 radical (unpaired) electrons. The van der Waals surface area contributed by atoms with Gasteiger partial charge in [-0.25, -0.2) is 4.79 Å². The molecule has 0 aliphatic heterocycles. The summed E-state index contributed by atoms with van der Waals surface area (Å²) in [5.74, 6) is -1.41. The first-order valence-corrected chi connectivity index (χ1v) is 7.74. The third-order valence-electron chi connectivity index (χ3n) is 3.13. The molecule has 0 unspecified atom stereocenters. The predicted molar refractivity (Wildman–Crippen MR) is 86.4 cm³/mol. The monoisotopic (exact) mass is 332 g/mol. The zero-order valence-electron chi connectivity index (χ0n) is 12.7. The molecule has 0 aliphatic rings. The van der Waals surface area contributed by atoms with E-state index in [1.54, 1.807) is 12.1 Å². The van der Waals surface area contributed by atoms with E-state index in [0.717, 1.165) is 23.3 Å². The quantitative estimate of drug-likeness (QED) is 0.664. The minimum absolute atomic E-state index is 0.298. The van der Waals surface area contributed by atoms with E-state index in [1.165, 1.54) is 19.2 Å². The lowest BCUT2D eigenvalue weighted by atomic mass is 10.1. The van der Waals surface area contributed by atoms with Crippen LogP contribution in [-0.2, 0) is 11.2 Å². The van der Waals surface area contributed by atoms with Gasteiger partial charge in [0.15, 0.2) is 0 Å². The first-order chi connectivity index (χ1) is 11.0. The molecular weight excluding hydrogens is 316 g/mol. The Bertz CT molecular complexity index is 722. The van der Waals surface area contributed by atoms with Gasteiger partial charge in [0.05, 0.1) is 12.0 Å². The highest BCUT2D eigenvalue weighted by atomic mass is 32.1. The number of amides is 2. The SMILES string of the molecule is CCc1ccc(C(=O)NNC(=O)c2ccc(C(=O)OC)s2)cc1. The van der Waals surface area contributed by atoms with Crippen LogP contribution in [0.1, 0.15) is 42.2 Å². The molecule has 2 aromatic rings. The van der Waals surface area contributed by atoms with Crippen LogP contribution in [0, 0.1) is 0 Å². The van der Waals surface area contributed by atoms with Crippen molar-refractivity contribution in [1.82, 2.24) is 10.9 Å². The molecule has 6 nitrogen and oxygen atoms in total. The van der Waals surface area contributed by atoms with E-state index < -0.39 is 17.8 Å². The van der Waals surface area contributed by atoms with Crippen LogP contribution < -0.4 is 10.9 Å². The van der Waals surface area contributed by atoms with Gasteiger partial charge in [-0.1, -0.05) is 19.1 Å². The van der Waals surface area contributed by atoms with E-state index >= 15 is 0 Å². The molecular formula is C16H16N2O4S. The van der Waals surface area contributed by atoms with E-state index in [-0.39, 0.29) is 0 Å². The van der Waals surface area contributed by atoms with Crippen LogP contribution in [0.15, 0.2) is 36.4 Å². The van der Waals surface area contributed by atoms with Crippen LogP contribution >= 0.6 is 11.3 Å². The normalized spacial score (nSPS) is 10.0. The summed E-state index contributed by atoms with van der Waals surface area (Å²) in [5, 5.41) is 0. The van der Waals surface area contributed by atoms with Crippen LogP contribution in [0.5, 0.6) is 0 Å². The highest BCUT2D eigenvalue weighted by Gasteiger charge is 2.14. The van der Waals surface area contributed by atoms with E-state index in [1.807, 2.05) is 19.1 Å². The zero-order valence-corrected chi connectivity index (χ0v) is 13.5. The van der Waals surface area contributed by atoms with Gasteiger partial charge in [-0.05, 0) is 36.2 Å². The lowest BCUT2D eigenvalue weighted by Gasteiger charge is -2.06. The first-order valence-electron chi connectivity index (χ1n) is 6.93. The Hall–Kier alpha value is -2.67. The Balaban J connectivity index is 1.94. The summed E-state index contributed by atoms with van der Waals surface area (Å²) in [6.07, 6.45) is 0.888. The smallest absolute Gasteiger partial charge is 0.348 e. The van der Waals surface area contributed by atoms with Crippen LogP contribution in [-0.4, -0.2) is 24.9 Å². The molecule has 23 heavy (non-hydrogen) atoms. The second-order valence-corrected chi connectivity index (χ2v) is 5.70. The number of hydrogen-bond acceptors (Lipinski definition) is 5. The maximum atomic E-state index is 11.9. The molecule has 0 saturated heterocycles. The second-order valence-electron chi connectivity index (χ2n) is 4.61. The Morgan fingerprint density at radius 3 is 2.17 bits per heavy atom. The van der Waals surface area contributed by atoms with Crippen molar-refractivity contribution >= 4 is 29.1 Å². The fourth-order valence-corrected chi connectivity index (χ4v) is 2.63. The molecule has 120 valence electrons. The molecule has 0 fully saturated rings. The van der Waals surface area contributed by atoms with Crippen molar-refractivity contribution in [3.63, 3.8) is 0 Å². The highest BCUT2D eigenvalue weighted by Crippen LogP contribution is 2.17. The van der Waals surface area contributed by atoms with Gasteiger partial charge >= 0.3 is 5.97 Å². The number of methoxy groups -OCH3 is 1. The number of esters is 1. The fraction of sp³-hybridized carbons (Fsp3) is 0.188. The number of rotatable bonds is 4. The number of aryl methyl sites for hydroxylation is 1. The molecule has 0 spiro atoms. The summed E-state index contributed by atoms with van der Waals surface area (Å²) in [7, 11) is 1.27. The molecule has 2 amide bonds. The topological polar surface area (TPSA) is 84.5 Å². The Morgan fingerprint density at radius 2 is 1.57 bits per heavy atom. The molecule has 2 N–H and O–H groups in total. The predicted octanol–water partition coefficient (Wildman–Crippen LogP) is 2.17. The van der Waals surface area contributed by atoms with Gasteiger partial charge in [-0.3, -0.25) is 20.4 Å². The number of benzene rings is 1. The van der Waals surface area contributed by atoms with Crippen molar-refractivity contribution in [1.29, 1.82) is 0 Å². The molecule has 0 bridgehead atoms. The summed E-state index contributed by atoms with van der Waals surface area (Å²) in [6, 6.07) is 10.1. The standard InChI is InChI=1S/C16H16N2O4S/c1-3-10-4-6-11(7-5-10)14(19)17-18-15(20)12-8-9-13(23-12)16(21)22-2/h4-9H,3H2,1-2H3,(H,17,19)(H,18,20). The molecule has 0 atom stereocenters. The van der Waals surface area contributed by atoms with Gasteiger partial charge in [0, 0.05) is 5.56 Å². The number of nitrogens with one attached hydrogen (secondary N) is 2. The maximum Gasteiger partial charge on any atom is 0.348 e. The van der Waals surface area contributed by atoms with E-state index in [2.05, 4.69) is 15.6 Å². The fourth-order valence-electron chi connectivity index (χ4n) is 1.81. The Morgan fingerprint density at radius 1 is 0.957 bits per heavy atom. The van der Waals surface area contributed by atoms with E-state index in [4.69, 9.17) is 0 Å². The van der Waals surface area contributed by atoms with Gasteiger partial charge in [0.25, 0.3) is 11.8 Å². The zero-order chi connectivity index (χ0) is 16.8. The minimum Gasteiger partial charge on any atom is -0.465 e. The lowest BCUT2D eigenvalue weighted by Crippen LogP contribution is -2.41. The van der Waals surface area contributed by atoms with Gasteiger partial charge in [-0.15, -0.1) is 11.3 Å². The Labute approximate surface area is 137 Å². The summed E-state index contributed by atoms with van der Waals surface area (Å²) < 4.78 is 4.57. The van der Waals surface area contributed by atoms with E-state index in [0.29, 0.717) is 15.3 Å². The summed E-state index contributed by atoms with van der Waals surface area (Å²) >= 11 is 0.988. The number of carbonyl (C=O) groups excluding carboxylic acids is 3. The van der Waals surface area contributed by atoms with Crippen LogP contribution in [0.4, 0.5) is 0 Å². The first kappa shape index (κ1) is 16.7. The van der Waals surface area contributed by atoms with Crippen LogP contribution in [0.3, 0.4) is 0 Å². The molecule has 1 heterocycles. The molecule has 0 saturated carbocycles. The minimum atomic E-state index is -0.505.